The lowest BCUT2D eigenvalue weighted by Gasteiger charge is -2.03. The molecule has 1 aromatic carbocycles. The predicted molar refractivity (Wildman–Crippen MR) is 102 cm³/mol. The summed E-state index contributed by atoms with van der Waals surface area (Å²) in [6, 6.07) is 14.2. The zero-order valence-corrected chi connectivity index (χ0v) is 15.5. The first-order valence-electron chi connectivity index (χ1n) is 8.36. The van der Waals surface area contributed by atoms with E-state index in [4.69, 9.17) is 4.42 Å². The highest BCUT2D eigenvalue weighted by molar-refractivity contribution is 7.10. The molecule has 3 aromatic heterocycles. The summed E-state index contributed by atoms with van der Waals surface area (Å²) < 4.78 is 7.82. The predicted octanol–water partition coefficient (Wildman–Crippen LogP) is 3.80. The summed E-state index contributed by atoms with van der Waals surface area (Å²) in [5.41, 5.74) is 6.10. The molecule has 0 aliphatic carbocycles. The lowest BCUT2D eigenvalue weighted by molar-refractivity contribution is 0.475. The van der Waals surface area contributed by atoms with Crippen LogP contribution in [0.25, 0.3) is 22.8 Å². The van der Waals surface area contributed by atoms with Gasteiger partial charge in [-0.2, -0.15) is 0 Å². The molecule has 0 unspecified atom stereocenters. The van der Waals surface area contributed by atoms with Crippen molar-refractivity contribution in [2.75, 3.05) is 0 Å². The molecule has 7 heteroatoms. The summed E-state index contributed by atoms with van der Waals surface area (Å²) in [6.07, 6.45) is 0. The fourth-order valence-electron chi connectivity index (χ4n) is 2.77. The summed E-state index contributed by atoms with van der Waals surface area (Å²) in [4.78, 5) is 5.68. The molecule has 132 valence electrons. The van der Waals surface area contributed by atoms with Crippen molar-refractivity contribution in [3.8, 4) is 22.8 Å². The van der Waals surface area contributed by atoms with Crippen LogP contribution in [-0.2, 0) is 20.1 Å². The van der Waals surface area contributed by atoms with E-state index in [0.29, 0.717) is 24.9 Å². The maximum absolute atomic E-state index is 5.78. The van der Waals surface area contributed by atoms with Crippen molar-refractivity contribution in [2.45, 2.75) is 20.0 Å². The minimum atomic E-state index is 0.516. The highest BCUT2D eigenvalue weighted by Gasteiger charge is 2.13. The van der Waals surface area contributed by atoms with Crippen LogP contribution < -0.4 is 5.32 Å². The Bertz CT molecular complexity index is 1000. The van der Waals surface area contributed by atoms with Gasteiger partial charge in [0, 0.05) is 29.7 Å². The molecule has 0 atom stereocenters. The van der Waals surface area contributed by atoms with Gasteiger partial charge in [-0.25, -0.2) is 4.98 Å². The van der Waals surface area contributed by atoms with E-state index in [-0.39, 0.29) is 0 Å². The summed E-state index contributed by atoms with van der Waals surface area (Å²) in [7, 11) is 1.99. The molecule has 0 amide bonds. The second-order valence-corrected chi connectivity index (χ2v) is 6.95. The van der Waals surface area contributed by atoms with Crippen molar-refractivity contribution in [2.24, 2.45) is 7.05 Å². The first-order valence-corrected chi connectivity index (χ1v) is 9.24. The molecule has 6 nitrogen and oxygen atoms in total. The number of benzene rings is 1. The molecule has 1 N–H and O–H groups in total. The second-order valence-electron chi connectivity index (χ2n) is 6.01. The molecule has 0 saturated heterocycles. The number of thiazole rings is 1. The summed E-state index contributed by atoms with van der Waals surface area (Å²) >= 11 is 1.64. The Labute approximate surface area is 155 Å². The molecule has 4 rings (SSSR count). The molecule has 0 spiro atoms. The quantitative estimate of drug-likeness (QED) is 0.563. The largest absolute Gasteiger partial charge is 0.418 e. The molecular weight excluding hydrogens is 346 g/mol. The van der Waals surface area contributed by atoms with Gasteiger partial charge in [0.05, 0.1) is 17.7 Å². The van der Waals surface area contributed by atoms with Crippen LogP contribution in [0.15, 0.2) is 52.4 Å². The van der Waals surface area contributed by atoms with Gasteiger partial charge < -0.3 is 14.3 Å². The fraction of sp³-hybridized carbons (Fsp3) is 0.211. The lowest BCUT2D eigenvalue weighted by atomic mass is 10.1. The van der Waals surface area contributed by atoms with E-state index in [2.05, 4.69) is 32.6 Å². The Balaban J connectivity index is 1.41. The third-order valence-corrected chi connectivity index (χ3v) is 5.14. The van der Waals surface area contributed by atoms with Crippen molar-refractivity contribution in [1.82, 2.24) is 25.1 Å². The second kappa shape index (κ2) is 7.23. The Kier molecular flexibility index (Phi) is 4.64. The van der Waals surface area contributed by atoms with Crippen molar-refractivity contribution in [3.05, 3.63) is 64.4 Å². The van der Waals surface area contributed by atoms with E-state index in [9.17, 15) is 0 Å². The fourth-order valence-corrected chi connectivity index (χ4v) is 3.52. The van der Waals surface area contributed by atoms with Gasteiger partial charge in [0.1, 0.15) is 5.69 Å². The van der Waals surface area contributed by atoms with E-state index in [1.54, 1.807) is 11.3 Å². The lowest BCUT2D eigenvalue weighted by Crippen LogP contribution is -2.12. The van der Waals surface area contributed by atoms with Gasteiger partial charge in [-0.05, 0) is 19.1 Å². The molecule has 3 heterocycles. The monoisotopic (exact) mass is 365 g/mol. The van der Waals surface area contributed by atoms with Crippen LogP contribution in [0.2, 0.25) is 0 Å². The van der Waals surface area contributed by atoms with Crippen LogP contribution in [0.4, 0.5) is 0 Å². The molecule has 0 aliphatic heterocycles. The number of aromatic nitrogens is 4. The van der Waals surface area contributed by atoms with Gasteiger partial charge in [-0.3, -0.25) is 0 Å². The zero-order valence-electron chi connectivity index (χ0n) is 14.6. The topological polar surface area (TPSA) is 68.8 Å². The normalized spacial score (nSPS) is 11.2. The average molecular weight is 365 g/mol. The van der Waals surface area contributed by atoms with E-state index in [0.717, 1.165) is 22.6 Å². The van der Waals surface area contributed by atoms with Gasteiger partial charge in [-0.15, -0.1) is 21.5 Å². The molecule has 0 bridgehead atoms. The van der Waals surface area contributed by atoms with Gasteiger partial charge in [0.25, 0.3) is 5.89 Å². The Hall–Kier alpha value is -2.77. The van der Waals surface area contributed by atoms with Crippen LogP contribution >= 0.6 is 11.3 Å². The van der Waals surface area contributed by atoms with Crippen LogP contribution in [0.5, 0.6) is 0 Å². The number of hydrogen-bond acceptors (Lipinski definition) is 6. The SMILES string of the molecule is Cc1ccc(-c2nnc(CNCc3scnc3-c3ccccc3)o2)n1C. The number of rotatable bonds is 6. The first kappa shape index (κ1) is 16.7. The van der Waals surface area contributed by atoms with Crippen molar-refractivity contribution in [1.29, 1.82) is 0 Å². The minimum absolute atomic E-state index is 0.516. The molecule has 0 aliphatic rings. The van der Waals surface area contributed by atoms with Crippen molar-refractivity contribution < 1.29 is 4.42 Å². The molecular formula is C19H19N5OS. The van der Waals surface area contributed by atoms with Crippen LogP contribution in [0.1, 0.15) is 16.5 Å². The maximum Gasteiger partial charge on any atom is 0.264 e. The van der Waals surface area contributed by atoms with E-state index in [1.165, 1.54) is 4.88 Å². The summed E-state index contributed by atoms with van der Waals surface area (Å²) in [6.45, 7) is 3.26. The maximum atomic E-state index is 5.78. The Morgan fingerprint density at radius 3 is 2.69 bits per heavy atom. The molecule has 26 heavy (non-hydrogen) atoms. The van der Waals surface area contributed by atoms with Gasteiger partial charge in [0.2, 0.25) is 5.89 Å². The van der Waals surface area contributed by atoms with Crippen molar-refractivity contribution in [3.63, 3.8) is 0 Å². The van der Waals surface area contributed by atoms with Gasteiger partial charge in [-0.1, -0.05) is 30.3 Å². The van der Waals surface area contributed by atoms with E-state index < -0.39 is 0 Å². The smallest absolute Gasteiger partial charge is 0.264 e. The molecule has 0 saturated carbocycles. The molecule has 0 radical (unpaired) electrons. The highest BCUT2D eigenvalue weighted by Crippen LogP contribution is 2.25. The standard InChI is InChI=1S/C19H19N5OS/c1-13-8-9-15(24(13)2)19-23-22-17(25-19)11-20-10-16-18(21-12-26-16)14-6-4-3-5-7-14/h3-9,12,20H,10-11H2,1-2H3. The third-order valence-electron chi connectivity index (χ3n) is 4.31. The number of nitrogens with one attached hydrogen (secondary N) is 1. The van der Waals surface area contributed by atoms with Gasteiger partial charge in [0.15, 0.2) is 0 Å². The zero-order chi connectivity index (χ0) is 17.9. The summed E-state index contributed by atoms with van der Waals surface area (Å²) in [5.74, 6) is 1.12. The van der Waals surface area contributed by atoms with Crippen LogP contribution in [0, 0.1) is 6.92 Å². The van der Waals surface area contributed by atoms with Crippen molar-refractivity contribution >= 4 is 11.3 Å². The molecule has 4 aromatic rings. The van der Waals surface area contributed by atoms with Crippen LogP contribution in [0.3, 0.4) is 0 Å². The average Bonchev–Trinajstić information content (AvgIpc) is 3.38. The Morgan fingerprint density at radius 2 is 1.92 bits per heavy atom. The first-order chi connectivity index (χ1) is 12.7. The minimum Gasteiger partial charge on any atom is -0.418 e. The van der Waals surface area contributed by atoms with Crippen LogP contribution in [-0.4, -0.2) is 19.7 Å². The van der Waals surface area contributed by atoms with Gasteiger partial charge >= 0.3 is 0 Å². The van der Waals surface area contributed by atoms with E-state index >= 15 is 0 Å². The number of nitrogens with zero attached hydrogens (tertiary/aromatic N) is 4. The van der Waals surface area contributed by atoms with E-state index in [1.807, 2.05) is 54.4 Å². The highest BCUT2D eigenvalue weighted by atomic mass is 32.1. The number of aryl methyl sites for hydroxylation is 1. The third kappa shape index (κ3) is 3.31. The Morgan fingerprint density at radius 1 is 1.08 bits per heavy atom. The number of hydrogen-bond donors (Lipinski definition) is 1. The molecule has 0 fully saturated rings. The summed E-state index contributed by atoms with van der Waals surface area (Å²) in [5, 5.41) is 11.7.